The van der Waals surface area contributed by atoms with E-state index in [1.807, 2.05) is 0 Å². The zero-order chi connectivity index (χ0) is 11.0. The highest BCUT2D eigenvalue weighted by atomic mass is 16.5. The summed E-state index contributed by atoms with van der Waals surface area (Å²) in [5.74, 6) is -1.13. The van der Waals surface area contributed by atoms with Gasteiger partial charge in [-0.2, -0.15) is 0 Å². The van der Waals surface area contributed by atoms with E-state index in [1.54, 1.807) is 13.8 Å². The minimum Gasteiger partial charge on any atom is -0.465 e. The van der Waals surface area contributed by atoms with Crippen LogP contribution >= 0.6 is 0 Å². The van der Waals surface area contributed by atoms with Gasteiger partial charge in [-0.1, -0.05) is 19.1 Å². The lowest BCUT2D eigenvalue weighted by molar-refractivity contribution is -0.149. The molecule has 0 unspecified atom stereocenters. The molecular formula is C10H18O4. The Bertz CT molecular complexity index is 189. The van der Waals surface area contributed by atoms with Crippen LogP contribution in [0.1, 0.15) is 20.3 Å². The molecule has 2 atom stereocenters. The number of carbonyl (C=O) groups excluding carboxylic acids is 1. The van der Waals surface area contributed by atoms with Crippen LogP contribution in [-0.4, -0.2) is 35.5 Å². The molecule has 0 aromatic heterocycles. The number of carbonyl (C=O) groups is 1. The monoisotopic (exact) mass is 202 g/mol. The number of hydrogen-bond acceptors (Lipinski definition) is 4. The van der Waals surface area contributed by atoms with E-state index in [2.05, 4.69) is 0 Å². The highest BCUT2D eigenvalue weighted by Crippen LogP contribution is 2.11. The van der Waals surface area contributed by atoms with Crippen molar-refractivity contribution in [2.24, 2.45) is 5.92 Å². The fourth-order valence-electron chi connectivity index (χ4n) is 1.06. The fourth-order valence-corrected chi connectivity index (χ4v) is 1.06. The summed E-state index contributed by atoms with van der Waals surface area (Å²) >= 11 is 0. The number of hydrogen-bond donors (Lipinski definition) is 2. The van der Waals surface area contributed by atoms with Crippen LogP contribution in [0.15, 0.2) is 12.2 Å². The van der Waals surface area contributed by atoms with Gasteiger partial charge in [0.25, 0.3) is 0 Å². The zero-order valence-electron chi connectivity index (χ0n) is 8.64. The van der Waals surface area contributed by atoms with Crippen LogP contribution in [0.2, 0.25) is 0 Å². The second-order valence-corrected chi connectivity index (χ2v) is 2.86. The van der Waals surface area contributed by atoms with E-state index in [4.69, 9.17) is 9.84 Å². The second kappa shape index (κ2) is 7.53. The van der Waals surface area contributed by atoms with Crippen LogP contribution in [0.3, 0.4) is 0 Å². The summed E-state index contributed by atoms with van der Waals surface area (Å²) in [4.78, 5) is 11.3. The van der Waals surface area contributed by atoms with E-state index < -0.39 is 18.0 Å². The number of aliphatic hydroxyl groups is 2. The SMILES string of the molecule is CCOC(=O)[C@H](/C=C/CO)[C@H](O)CC. The molecule has 0 amide bonds. The van der Waals surface area contributed by atoms with Crippen LogP contribution in [-0.2, 0) is 9.53 Å². The van der Waals surface area contributed by atoms with E-state index in [0.29, 0.717) is 13.0 Å². The largest absolute Gasteiger partial charge is 0.465 e. The molecule has 0 aliphatic carbocycles. The highest BCUT2D eigenvalue weighted by Gasteiger charge is 2.23. The first kappa shape index (κ1) is 13.1. The maximum atomic E-state index is 11.3. The third kappa shape index (κ3) is 4.39. The van der Waals surface area contributed by atoms with Crippen LogP contribution in [0.5, 0.6) is 0 Å². The van der Waals surface area contributed by atoms with Crippen molar-refractivity contribution in [2.45, 2.75) is 26.4 Å². The predicted molar refractivity (Wildman–Crippen MR) is 52.6 cm³/mol. The Balaban J connectivity index is 4.37. The normalized spacial score (nSPS) is 15.4. The van der Waals surface area contributed by atoms with Crippen molar-refractivity contribution < 1.29 is 19.7 Å². The van der Waals surface area contributed by atoms with E-state index in [9.17, 15) is 9.90 Å². The Kier molecular flexibility index (Phi) is 7.06. The van der Waals surface area contributed by atoms with Gasteiger partial charge in [0, 0.05) is 0 Å². The van der Waals surface area contributed by atoms with Crippen molar-refractivity contribution in [3.8, 4) is 0 Å². The van der Waals surface area contributed by atoms with Crippen molar-refractivity contribution in [3.63, 3.8) is 0 Å². The summed E-state index contributed by atoms with van der Waals surface area (Å²) in [5, 5.41) is 18.1. The standard InChI is InChI=1S/C10H18O4/c1-3-9(12)8(6-5-7-11)10(13)14-4-2/h5-6,8-9,11-12H,3-4,7H2,1-2H3/b6-5+/t8-,9-/m1/s1. The van der Waals surface area contributed by atoms with Crippen molar-refractivity contribution in [2.75, 3.05) is 13.2 Å². The molecule has 0 rings (SSSR count). The molecule has 0 aromatic carbocycles. The smallest absolute Gasteiger partial charge is 0.315 e. The van der Waals surface area contributed by atoms with Gasteiger partial charge in [-0.05, 0) is 13.3 Å². The first-order valence-electron chi connectivity index (χ1n) is 4.79. The second-order valence-electron chi connectivity index (χ2n) is 2.86. The Morgan fingerprint density at radius 2 is 2.14 bits per heavy atom. The first-order chi connectivity index (χ1) is 6.67. The van der Waals surface area contributed by atoms with Crippen LogP contribution < -0.4 is 0 Å². The zero-order valence-corrected chi connectivity index (χ0v) is 8.64. The third-order valence-electron chi connectivity index (χ3n) is 1.84. The molecule has 0 spiro atoms. The lowest BCUT2D eigenvalue weighted by Crippen LogP contribution is -2.28. The Hall–Kier alpha value is -0.870. The van der Waals surface area contributed by atoms with Gasteiger partial charge in [-0.25, -0.2) is 0 Å². The Morgan fingerprint density at radius 3 is 2.57 bits per heavy atom. The number of esters is 1. The Labute approximate surface area is 84.2 Å². The molecule has 0 aliphatic heterocycles. The molecule has 0 radical (unpaired) electrons. The first-order valence-corrected chi connectivity index (χ1v) is 4.79. The molecule has 0 saturated heterocycles. The Morgan fingerprint density at radius 1 is 1.50 bits per heavy atom. The minimum absolute atomic E-state index is 0.146. The van der Waals surface area contributed by atoms with Gasteiger partial charge in [0.05, 0.1) is 19.3 Å². The van der Waals surface area contributed by atoms with Gasteiger partial charge in [0.2, 0.25) is 0 Å². The minimum atomic E-state index is -0.753. The number of ether oxygens (including phenoxy) is 1. The summed E-state index contributed by atoms with van der Waals surface area (Å²) in [6.45, 7) is 3.64. The maximum absolute atomic E-state index is 11.3. The maximum Gasteiger partial charge on any atom is 0.315 e. The summed E-state index contributed by atoms with van der Waals surface area (Å²) in [6, 6.07) is 0. The topological polar surface area (TPSA) is 66.8 Å². The molecule has 0 bridgehead atoms. The molecule has 0 heterocycles. The quantitative estimate of drug-likeness (QED) is 0.486. The lowest BCUT2D eigenvalue weighted by atomic mass is 10.00. The van der Waals surface area contributed by atoms with Gasteiger partial charge < -0.3 is 14.9 Å². The van der Waals surface area contributed by atoms with Crippen LogP contribution in [0.25, 0.3) is 0 Å². The molecule has 0 fully saturated rings. The molecule has 2 N–H and O–H groups in total. The van der Waals surface area contributed by atoms with Crippen LogP contribution in [0, 0.1) is 5.92 Å². The third-order valence-corrected chi connectivity index (χ3v) is 1.84. The van der Waals surface area contributed by atoms with E-state index in [0.717, 1.165) is 0 Å². The van der Waals surface area contributed by atoms with E-state index in [-0.39, 0.29) is 6.61 Å². The average Bonchev–Trinajstić information content (AvgIpc) is 2.18. The van der Waals surface area contributed by atoms with Crippen molar-refractivity contribution in [3.05, 3.63) is 12.2 Å². The van der Waals surface area contributed by atoms with Crippen molar-refractivity contribution >= 4 is 5.97 Å². The summed E-state index contributed by atoms with van der Waals surface area (Å²) in [5.41, 5.74) is 0. The molecule has 14 heavy (non-hydrogen) atoms. The lowest BCUT2D eigenvalue weighted by Gasteiger charge is -2.16. The van der Waals surface area contributed by atoms with E-state index >= 15 is 0 Å². The molecular weight excluding hydrogens is 184 g/mol. The fraction of sp³-hybridized carbons (Fsp3) is 0.700. The summed E-state index contributed by atoms with van der Waals surface area (Å²) < 4.78 is 4.79. The molecule has 0 aliphatic rings. The van der Waals surface area contributed by atoms with Gasteiger partial charge in [0.1, 0.15) is 5.92 Å². The predicted octanol–water partition coefficient (Wildman–Crippen LogP) is 0.485. The number of aliphatic hydroxyl groups excluding tert-OH is 2. The van der Waals surface area contributed by atoms with Crippen LogP contribution in [0.4, 0.5) is 0 Å². The summed E-state index contributed by atoms with van der Waals surface area (Å²) in [7, 11) is 0. The molecule has 82 valence electrons. The molecule has 4 heteroatoms. The molecule has 0 saturated carbocycles. The van der Waals surface area contributed by atoms with E-state index in [1.165, 1.54) is 12.2 Å². The van der Waals surface area contributed by atoms with Gasteiger partial charge in [-0.3, -0.25) is 4.79 Å². The number of rotatable bonds is 6. The molecule has 0 aromatic rings. The highest BCUT2D eigenvalue weighted by molar-refractivity contribution is 5.75. The average molecular weight is 202 g/mol. The molecule has 4 nitrogen and oxygen atoms in total. The summed E-state index contributed by atoms with van der Waals surface area (Å²) in [6.07, 6.45) is 2.63. The van der Waals surface area contributed by atoms with Crippen molar-refractivity contribution in [1.29, 1.82) is 0 Å². The van der Waals surface area contributed by atoms with Crippen molar-refractivity contribution in [1.82, 2.24) is 0 Å². The van der Waals surface area contributed by atoms with Gasteiger partial charge in [0.15, 0.2) is 0 Å². The van der Waals surface area contributed by atoms with Gasteiger partial charge >= 0.3 is 5.97 Å². The van der Waals surface area contributed by atoms with Gasteiger partial charge in [-0.15, -0.1) is 0 Å².